The third-order valence-electron chi connectivity index (χ3n) is 0.308. The van der Waals surface area contributed by atoms with Crippen molar-refractivity contribution in [3.8, 4) is 0 Å². The molecule has 6 nitrogen and oxygen atoms in total. The molecule has 58 valence electrons. The fourth-order valence-electron chi connectivity index (χ4n) is 0.0860. The minimum absolute atomic E-state index is 0. The maximum Gasteiger partial charge on any atom is 0.373 e. The molecule has 0 aromatic rings. The Morgan fingerprint density at radius 3 is 1.89 bits per heavy atom. The molecule has 0 aromatic heterocycles. The smallest absolute Gasteiger partial charge is 0.344 e. The molecular formula is CH7NO5S2. The van der Waals surface area contributed by atoms with Crippen molar-refractivity contribution in [2.75, 3.05) is 7.11 Å². The van der Waals surface area contributed by atoms with Crippen molar-refractivity contribution in [3.63, 3.8) is 0 Å². The standard InChI is InChI=1S/CH4O5S2.H3N/c1-6-7(2)8(3,4)5;/h1H3,(H,3,4,5);1H3. The molecule has 0 rings (SSSR count). The van der Waals surface area contributed by atoms with Crippen LogP contribution in [0.5, 0.6) is 0 Å². The Kier molecular flexibility index (Phi) is 5.09. The van der Waals surface area contributed by atoms with Crippen LogP contribution in [0.1, 0.15) is 0 Å². The highest BCUT2D eigenvalue weighted by atomic mass is 33.2. The molecule has 1 atom stereocenters. The average molecular weight is 177 g/mol. The molecular weight excluding hydrogens is 170 g/mol. The van der Waals surface area contributed by atoms with E-state index in [2.05, 4.69) is 4.18 Å². The van der Waals surface area contributed by atoms with Crippen LogP contribution >= 0.6 is 0 Å². The first-order valence-corrected chi connectivity index (χ1v) is 4.46. The van der Waals surface area contributed by atoms with Crippen LogP contribution in [0.4, 0.5) is 0 Å². The third-order valence-corrected chi connectivity index (χ3v) is 2.36. The Hall–Kier alpha value is -0.0200. The maximum atomic E-state index is 9.88. The van der Waals surface area contributed by atoms with Crippen LogP contribution in [-0.2, 0) is 23.4 Å². The highest BCUT2D eigenvalue weighted by molar-refractivity contribution is 8.59. The summed E-state index contributed by atoms with van der Waals surface area (Å²) in [6, 6.07) is 0. The lowest BCUT2D eigenvalue weighted by molar-refractivity contribution is 0.440. The molecule has 0 amide bonds. The van der Waals surface area contributed by atoms with Crippen molar-refractivity contribution < 1.29 is 21.4 Å². The van der Waals surface area contributed by atoms with E-state index >= 15 is 0 Å². The van der Waals surface area contributed by atoms with Crippen molar-refractivity contribution in [1.29, 1.82) is 0 Å². The fourth-order valence-corrected chi connectivity index (χ4v) is 0.774. The van der Waals surface area contributed by atoms with Gasteiger partial charge < -0.3 is 6.15 Å². The van der Waals surface area contributed by atoms with E-state index in [1.807, 2.05) is 0 Å². The second kappa shape index (κ2) is 3.90. The molecule has 0 aliphatic rings. The van der Waals surface area contributed by atoms with E-state index in [0.29, 0.717) is 0 Å². The van der Waals surface area contributed by atoms with Gasteiger partial charge in [0.1, 0.15) is 0 Å². The normalized spacial score (nSPS) is 14.0. The molecule has 0 radical (unpaired) electrons. The summed E-state index contributed by atoms with van der Waals surface area (Å²) in [5.41, 5.74) is 0. The van der Waals surface area contributed by atoms with Crippen molar-refractivity contribution in [2.45, 2.75) is 0 Å². The monoisotopic (exact) mass is 177 g/mol. The quantitative estimate of drug-likeness (QED) is 0.424. The second-order valence-corrected chi connectivity index (χ2v) is 4.48. The van der Waals surface area contributed by atoms with E-state index in [1.165, 1.54) is 0 Å². The summed E-state index contributed by atoms with van der Waals surface area (Å²) in [6.45, 7) is 0. The van der Waals surface area contributed by atoms with Crippen molar-refractivity contribution in [2.24, 2.45) is 0 Å². The Bertz CT molecular complexity index is 181. The van der Waals surface area contributed by atoms with E-state index in [9.17, 15) is 12.6 Å². The van der Waals surface area contributed by atoms with Gasteiger partial charge in [0.25, 0.3) is 0 Å². The molecule has 0 spiro atoms. The van der Waals surface area contributed by atoms with Gasteiger partial charge in [-0.15, -0.1) is 0 Å². The van der Waals surface area contributed by atoms with Crippen LogP contribution < -0.4 is 6.15 Å². The summed E-state index contributed by atoms with van der Waals surface area (Å²) < 4.78 is 40.9. The second-order valence-electron chi connectivity index (χ2n) is 0.799. The summed E-state index contributed by atoms with van der Waals surface area (Å²) >= 11 is 0. The molecule has 0 fully saturated rings. The minimum atomic E-state index is -4.50. The molecule has 1 unspecified atom stereocenters. The zero-order chi connectivity index (χ0) is 6.78. The van der Waals surface area contributed by atoms with Crippen LogP contribution in [0.15, 0.2) is 0 Å². The van der Waals surface area contributed by atoms with Gasteiger partial charge in [-0.25, -0.2) is 4.21 Å². The van der Waals surface area contributed by atoms with Gasteiger partial charge >= 0.3 is 19.3 Å². The Morgan fingerprint density at radius 1 is 1.56 bits per heavy atom. The summed E-state index contributed by atoms with van der Waals surface area (Å²) in [5, 5.41) is 0. The summed E-state index contributed by atoms with van der Waals surface area (Å²) in [7, 11) is -6.21. The Morgan fingerprint density at radius 2 is 1.89 bits per heavy atom. The lowest BCUT2D eigenvalue weighted by atomic mass is 11.8. The van der Waals surface area contributed by atoms with Crippen molar-refractivity contribution in [3.05, 3.63) is 0 Å². The summed E-state index contributed by atoms with van der Waals surface area (Å²) in [6.07, 6.45) is 0. The van der Waals surface area contributed by atoms with Gasteiger partial charge in [-0.2, -0.15) is 8.42 Å². The molecule has 9 heavy (non-hydrogen) atoms. The largest absolute Gasteiger partial charge is 0.373 e. The van der Waals surface area contributed by atoms with Crippen LogP contribution in [0.2, 0.25) is 0 Å². The molecule has 0 aliphatic carbocycles. The number of hydrogen-bond acceptors (Lipinski definition) is 5. The first-order chi connectivity index (χ1) is 3.48. The predicted molar refractivity (Wildman–Crippen MR) is 31.7 cm³/mol. The number of hydrogen-bond donors (Lipinski definition) is 2. The van der Waals surface area contributed by atoms with E-state index in [4.69, 9.17) is 4.55 Å². The van der Waals surface area contributed by atoms with E-state index in [-0.39, 0.29) is 6.15 Å². The zero-order valence-corrected chi connectivity index (χ0v) is 6.24. The molecule has 4 N–H and O–H groups in total. The third kappa shape index (κ3) is 4.48. The number of rotatable bonds is 2. The average Bonchev–Trinajstić information content (AvgIpc) is 1.62. The first kappa shape index (κ1) is 11.7. The van der Waals surface area contributed by atoms with Crippen molar-refractivity contribution >= 4 is 19.3 Å². The topological polar surface area (TPSA) is 116 Å². The Labute approximate surface area is 54.6 Å². The van der Waals surface area contributed by atoms with Gasteiger partial charge in [0.15, 0.2) is 0 Å². The van der Waals surface area contributed by atoms with E-state index < -0.39 is 19.3 Å². The fraction of sp³-hybridized carbons (Fsp3) is 1.00. The van der Waals surface area contributed by atoms with Crippen LogP contribution in [0, 0.1) is 0 Å². The molecule has 0 saturated heterocycles. The van der Waals surface area contributed by atoms with Gasteiger partial charge in [0.05, 0.1) is 7.11 Å². The highest BCUT2D eigenvalue weighted by Crippen LogP contribution is 1.90. The van der Waals surface area contributed by atoms with Gasteiger partial charge in [-0.1, -0.05) is 0 Å². The first-order valence-electron chi connectivity index (χ1n) is 1.42. The van der Waals surface area contributed by atoms with Gasteiger partial charge in [-0.3, -0.25) is 8.74 Å². The molecule has 0 bridgehead atoms. The summed E-state index contributed by atoms with van der Waals surface area (Å²) in [5.74, 6) is 0. The van der Waals surface area contributed by atoms with E-state index in [0.717, 1.165) is 7.11 Å². The maximum absolute atomic E-state index is 9.88. The highest BCUT2D eigenvalue weighted by Gasteiger charge is 2.13. The van der Waals surface area contributed by atoms with Crippen LogP contribution in [0.25, 0.3) is 0 Å². The van der Waals surface area contributed by atoms with Crippen LogP contribution in [-0.4, -0.2) is 24.3 Å². The minimum Gasteiger partial charge on any atom is -0.344 e. The summed E-state index contributed by atoms with van der Waals surface area (Å²) in [4.78, 5) is 0. The Balaban J connectivity index is 0. The van der Waals surface area contributed by atoms with Gasteiger partial charge in [-0.05, 0) is 0 Å². The van der Waals surface area contributed by atoms with Gasteiger partial charge in [0.2, 0.25) is 0 Å². The molecule has 8 heteroatoms. The van der Waals surface area contributed by atoms with Gasteiger partial charge in [0, 0.05) is 0 Å². The molecule has 0 aromatic carbocycles. The SMILES string of the molecule is COS(=O)S(=O)(=O)O.N. The zero-order valence-electron chi connectivity index (χ0n) is 4.60. The van der Waals surface area contributed by atoms with Crippen molar-refractivity contribution in [1.82, 2.24) is 6.15 Å². The lowest BCUT2D eigenvalue weighted by Crippen LogP contribution is -2.06. The van der Waals surface area contributed by atoms with E-state index in [1.54, 1.807) is 0 Å². The lowest BCUT2D eigenvalue weighted by Gasteiger charge is -1.88. The molecule has 0 aliphatic heterocycles. The predicted octanol–water partition coefficient (Wildman–Crippen LogP) is -0.739. The molecule has 0 saturated carbocycles. The molecule has 0 heterocycles. The van der Waals surface area contributed by atoms with Crippen LogP contribution in [0.3, 0.4) is 0 Å².